The van der Waals surface area contributed by atoms with E-state index in [1.807, 2.05) is 0 Å². The molecule has 0 atom stereocenters. The summed E-state index contributed by atoms with van der Waals surface area (Å²) < 4.78 is 5.51. The van der Waals surface area contributed by atoms with Crippen molar-refractivity contribution in [3.8, 4) is 5.75 Å². The number of aromatic nitrogens is 3. The molecule has 1 aromatic carbocycles. The molecule has 26 heavy (non-hydrogen) atoms. The predicted molar refractivity (Wildman–Crippen MR) is 93.5 cm³/mol. The number of amides is 1. The first-order valence-electron chi connectivity index (χ1n) is 7.69. The maximum atomic E-state index is 12.3. The van der Waals surface area contributed by atoms with Crippen molar-refractivity contribution in [1.82, 2.24) is 14.4 Å². The molecule has 2 heterocycles. The molecule has 0 bridgehead atoms. The number of carboxylic acid groups (broad SMARTS) is 1. The highest BCUT2D eigenvalue weighted by Gasteiger charge is 2.21. The second kappa shape index (κ2) is 6.10. The van der Waals surface area contributed by atoms with Crippen molar-refractivity contribution in [2.75, 3.05) is 5.32 Å². The molecular formula is C17H16N4O5. The van der Waals surface area contributed by atoms with Gasteiger partial charge in [-0.15, -0.1) is 0 Å². The summed E-state index contributed by atoms with van der Waals surface area (Å²) in [7, 11) is 0. The van der Waals surface area contributed by atoms with Gasteiger partial charge in [0.1, 0.15) is 6.33 Å². The van der Waals surface area contributed by atoms with E-state index in [1.54, 1.807) is 39.0 Å². The van der Waals surface area contributed by atoms with Crippen LogP contribution < -0.4 is 15.6 Å². The Labute approximate surface area is 147 Å². The topological polar surface area (TPSA) is 123 Å². The van der Waals surface area contributed by atoms with Crippen LogP contribution in [0.3, 0.4) is 0 Å². The number of hydrogen-bond donors (Lipinski definition) is 2. The van der Waals surface area contributed by atoms with E-state index in [9.17, 15) is 14.4 Å². The van der Waals surface area contributed by atoms with Gasteiger partial charge >= 0.3 is 11.7 Å². The number of nitrogens with zero attached hydrogens (tertiary/aromatic N) is 3. The molecule has 0 aliphatic rings. The molecular weight excluding hydrogens is 340 g/mol. The van der Waals surface area contributed by atoms with E-state index in [-0.39, 0.29) is 11.6 Å². The minimum atomic E-state index is -1.61. The van der Waals surface area contributed by atoms with Crippen LogP contribution in [0.5, 0.6) is 5.75 Å². The number of hydrogen-bond acceptors (Lipinski definition) is 6. The Morgan fingerprint density at radius 1 is 1.23 bits per heavy atom. The normalized spacial score (nSPS) is 11.5. The third kappa shape index (κ3) is 3.18. The van der Waals surface area contributed by atoms with Gasteiger partial charge in [0.15, 0.2) is 5.65 Å². The summed E-state index contributed by atoms with van der Waals surface area (Å²) >= 11 is 0. The fraction of sp³-hybridized carbons (Fsp3) is 0.235. The Morgan fingerprint density at radius 2 is 1.96 bits per heavy atom. The van der Waals surface area contributed by atoms with Crippen molar-refractivity contribution in [3.05, 3.63) is 41.1 Å². The van der Waals surface area contributed by atoms with Gasteiger partial charge < -0.3 is 15.2 Å². The van der Waals surface area contributed by atoms with Crippen molar-refractivity contribution in [2.24, 2.45) is 5.41 Å². The summed E-state index contributed by atoms with van der Waals surface area (Å²) in [6.45, 7) is 5.39. The van der Waals surface area contributed by atoms with E-state index in [1.165, 1.54) is 6.33 Å². The summed E-state index contributed by atoms with van der Waals surface area (Å²) in [5.74, 6) is -0.583. The monoisotopic (exact) mass is 356 g/mol. The third-order valence-electron chi connectivity index (χ3n) is 3.65. The van der Waals surface area contributed by atoms with Gasteiger partial charge in [-0.2, -0.15) is 0 Å². The number of nitrogens with one attached hydrogen (secondary N) is 1. The summed E-state index contributed by atoms with van der Waals surface area (Å²) in [4.78, 5) is 43.4. The first-order chi connectivity index (χ1) is 12.2. The fourth-order valence-corrected chi connectivity index (χ4v) is 2.27. The number of fused-ring (bicyclic) bond motifs is 3. The minimum absolute atomic E-state index is 0.160. The summed E-state index contributed by atoms with van der Waals surface area (Å²) in [5, 5.41) is 12.0. The SMILES string of the molecule is CC(C)(C)C(=O)Nc1ccc2ncn3c(=O)c(OC(=O)O)cnc3c2c1. The van der Waals surface area contributed by atoms with Gasteiger partial charge in [-0.3, -0.25) is 9.59 Å². The number of ether oxygens (including phenoxy) is 1. The first-order valence-corrected chi connectivity index (χ1v) is 7.69. The van der Waals surface area contributed by atoms with Crippen LogP contribution in [0, 0.1) is 5.41 Å². The van der Waals surface area contributed by atoms with Crippen LogP contribution in [0.15, 0.2) is 35.5 Å². The van der Waals surface area contributed by atoms with E-state index in [0.29, 0.717) is 16.6 Å². The lowest BCUT2D eigenvalue weighted by atomic mass is 9.95. The van der Waals surface area contributed by atoms with E-state index in [4.69, 9.17) is 5.11 Å². The molecule has 9 nitrogen and oxygen atoms in total. The van der Waals surface area contributed by atoms with Crippen LogP contribution in [0.2, 0.25) is 0 Å². The lowest BCUT2D eigenvalue weighted by molar-refractivity contribution is -0.123. The predicted octanol–water partition coefficient (Wildman–Crippen LogP) is 2.28. The molecule has 0 saturated heterocycles. The standard InChI is InChI=1S/C17H16N4O5/c1-17(2,3)15(23)20-9-4-5-11-10(6-9)13-18-7-12(26-16(24)25)14(22)21(13)8-19-11/h4-8H,1-3H3,(H,20,23)(H,24,25). The second-order valence-electron chi connectivity index (χ2n) is 6.67. The summed E-state index contributed by atoms with van der Waals surface area (Å²) in [5.41, 5.74) is 0.107. The van der Waals surface area contributed by atoms with E-state index in [2.05, 4.69) is 20.0 Å². The van der Waals surface area contributed by atoms with Crippen LogP contribution in [0.4, 0.5) is 10.5 Å². The lowest BCUT2D eigenvalue weighted by Gasteiger charge is -2.18. The molecule has 3 aromatic rings. The Kier molecular flexibility index (Phi) is 4.07. The molecule has 0 radical (unpaired) electrons. The highest BCUT2D eigenvalue weighted by Crippen LogP contribution is 2.23. The van der Waals surface area contributed by atoms with Gasteiger partial charge in [-0.05, 0) is 18.2 Å². The van der Waals surface area contributed by atoms with E-state index in [0.717, 1.165) is 10.6 Å². The van der Waals surface area contributed by atoms with Crippen molar-refractivity contribution < 1.29 is 19.4 Å². The highest BCUT2D eigenvalue weighted by atomic mass is 16.7. The number of carbonyl (C=O) groups is 2. The highest BCUT2D eigenvalue weighted by molar-refractivity contribution is 5.99. The Bertz CT molecular complexity index is 1100. The van der Waals surface area contributed by atoms with Gasteiger partial charge in [-0.1, -0.05) is 20.8 Å². The maximum absolute atomic E-state index is 12.3. The molecule has 3 rings (SSSR count). The van der Waals surface area contributed by atoms with Crippen molar-refractivity contribution >= 4 is 34.3 Å². The Morgan fingerprint density at radius 3 is 2.62 bits per heavy atom. The largest absolute Gasteiger partial charge is 0.511 e. The van der Waals surface area contributed by atoms with Crippen LogP contribution in [-0.4, -0.2) is 31.5 Å². The van der Waals surface area contributed by atoms with Crippen LogP contribution >= 0.6 is 0 Å². The Balaban J connectivity index is 2.14. The van der Waals surface area contributed by atoms with Gasteiger partial charge in [0.25, 0.3) is 0 Å². The summed E-state index contributed by atoms with van der Waals surface area (Å²) in [6, 6.07) is 5.06. The molecule has 0 aliphatic carbocycles. The molecule has 2 N–H and O–H groups in total. The number of carbonyl (C=O) groups excluding carboxylic acids is 1. The molecule has 1 amide bonds. The molecule has 134 valence electrons. The van der Waals surface area contributed by atoms with Gasteiger partial charge in [0.2, 0.25) is 11.7 Å². The first kappa shape index (κ1) is 17.3. The fourth-order valence-electron chi connectivity index (χ4n) is 2.27. The van der Waals surface area contributed by atoms with Crippen molar-refractivity contribution in [1.29, 1.82) is 0 Å². The van der Waals surface area contributed by atoms with Gasteiger partial charge in [-0.25, -0.2) is 19.2 Å². The zero-order chi connectivity index (χ0) is 19.1. The zero-order valence-electron chi connectivity index (χ0n) is 14.3. The number of benzene rings is 1. The van der Waals surface area contributed by atoms with E-state index >= 15 is 0 Å². The summed E-state index contributed by atoms with van der Waals surface area (Å²) in [6.07, 6.45) is 0.686. The molecule has 2 aromatic heterocycles. The Hall–Kier alpha value is -3.49. The molecule has 0 unspecified atom stereocenters. The van der Waals surface area contributed by atoms with Crippen LogP contribution in [0.1, 0.15) is 20.8 Å². The zero-order valence-corrected chi connectivity index (χ0v) is 14.3. The second-order valence-corrected chi connectivity index (χ2v) is 6.67. The van der Waals surface area contributed by atoms with Crippen LogP contribution in [0.25, 0.3) is 16.6 Å². The average Bonchev–Trinajstić information content (AvgIpc) is 2.56. The third-order valence-corrected chi connectivity index (χ3v) is 3.65. The average molecular weight is 356 g/mol. The van der Waals surface area contributed by atoms with Crippen molar-refractivity contribution in [3.63, 3.8) is 0 Å². The van der Waals surface area contributed by atoms with E-state index < -0.39 is 22.9 Å². The maximum Gasteiger partial charge on any atom is 0.511 e. The van der Waals surface area contributed by atoms with Gasteiger partial charge in [0.05, 0.1) is 11.7 Å². The number of anilines is 1. The molecule has 9 heteroatoms. The molecule has 0 aliphatic heterocycles. The van der Waals surface area contributed by atoms with Crippen LogP contribution in [-0.2, 0) is 4.79 Å². The molecule has 0 spiro atoms. The molecule has 0 saturated carbocycles. The molecule has 0 fully saturated rings. The minimum Gasteiger partial charge on any atom is -0.449 e. The smallest absolute Gasteiger partial charge is 0.449 e. The quantitative estimate of drug-likeness (QED) is 0.533. The number of rotatable bonds is 2. The lowest BCUT2D eigenvalue weighted by Crippen LogP contribution is -2.27. The van der Waals surface area contributed by atoms with Crippen molar-refractivity contribution in [2.45, 2.75) is 20.8 Å². The van der Waals surface area contributed by atoms with Gasteiger partial charge in [0, 0.05) is 16.5 Å².